The summed E-state index contributed by atoms with van der Waals surface area (Å²) >= 11 is 2.98. The number of hydrogen-bond donors (Lipinski definition) is 0. The first-order valence-electron chi connectivity index (χ1n) is 6.68. The lowest BCUT2D eigenvalue weighted by atomic mass is 10.2. The van der Waals surface area contributed by atoms with Crippen LogP contribution in [0.1, 0.15) is 21.5 Å². The summed E-state index contributed by atoms with van der Waals surface area (Å²) in [4.78, 5) is 16.1. The lowest BCUT2D eigenvalue weighted by molar-refractivity contribution is 0.0759. The monoisotopic (exact) mass is 319 g/mol. The van der Waals surface area contributed by atoms with Gasteiger partial charge in [-0.2, -0.15) is 0 Å². The van der Waals surface area contributed by atoms with Gasteiger partial charge in [0.25, 0.3) is 5.91 Å². The van der Waals surface area contributed by atoms with Gasteiger partial charge in [0.2, 0.25) is 0 Å². The average molecular weight is 319 g/mol. The van der Waals surface area contributed by atoms with Crippen LogP contribution in [0, 0.1) is 5.82 Å². The van der Waals surface area contributed by atoms with Crippen molar-refractivity contribution in [2.45, 2.75) is 13.5 Å². The molecule has 0 saturated carbocycles. The largest absolute Gasteiger partial charge is 0.333 e. The van der Waals surface area contributed by atoms with Crippen LogP contribution in [0.4, 0.5) is 4.39 Å². The Morgan fingerprint density at radius 1 is 1.29 bits per heavy atom. The molecular weight excluding hydrogens is 305 g/mol. The highest BCUT2D eigenvalue weighted by atomic mass is 32.1. The minimum atomic E-state index is -0.274. The van der Waals surface area contributed by atoms with E-state index in [9.17, 15) is 9.18 Å². The fourth-order valence-electron chi connectivity index (χ4n) is 2.20. The molecule has 3 rings (SSSR count). The summed E-state index contributed by atoms with van der Waals surface area (Å²) in [7, 11) is 0. The lowest BCUT2D eigenvalue weighted by Gasteiger charge is -2.19. The van der Waals surface area contributed by atoms with Crippen molar-refractivity contribution in [2.75, 3.05) is 6.54 Å². The van der Waals surface area contributed by atoms with Crippen LogP contribution in [0.25, 0.3) is 10.1 Å². The molecule has 0 atom stereocenters. The molecule has 0 saturated heterocycles. The van der Waals surface area contributed by atoms with E-state index in [0.717, 1.165) is 9.58 Å². The predicted molar refractivity (Wildman–Crippen MR) is 86.5 cm³/mol. The topological polar surface area (TPSA) is 20.3 Å². The predicted octanol–water partition coefficient (Wildman–Crippen LogP) is 4.76. The number of halogens is 1. The average Bonchev–Trinajstić information content (AvgIpc) is 3.13. The number of carbonyl (C=O) groups is 1. The Morgan fingerprint density at radius 3 is 2.81 bits per heavy atom. The van der Waals surface area contributed by atoms with Crippen molar-refractivity contribution >= 4 is 38.7 Å². The van der Waals surface area contributed by atoms with Gasteiger partial charge in [0.15, 0.2) is 0 Å². The highest BCUT2D eigenvalue weighted by Crippen LogP contribution is 2.29. The molecule has 0 bridgehead atoms. The van der Waals surface area contributed by atoms with E-state index < -0.39 is 0 Å². The van der Waals surface area contributed by atoms with Crippen molar-refractivity contribution in [2.24, 2.45) is 0 Å². The molecule has 0 aliphatic rings. The van der Waals surface area contributed by atoms with Crippen molar-refractivity contribution in [3.8, 4) is 0 Å². The second-order valence-electron chi connectivity index (χ2n) is 4.66. The Balaban J connectivity index is 1.89. The first-order valence-corrected chi connectivity index (χ1v) is 8.38. The van der Waals surface area contributed by atoms with Crippen molar-refractivity contribution in [1.29, 1.82) is 0 Å². The van der Waals surface area contributed by atoms with Crippen molar-refractivity contribution in [1.82, 2.24) is 4.90 Å². The molecule has 0 aliphatic carbocycles. The molecule has 0 N–H and O–H groups in total. The molecule has 0 spiro atoms. The molecule has 0 radical (unpaired) electrons. The van der Waals surface area contributed by atoms with Gasteiger partial charge in [0.05, 0.1) is 11.4 Å². The Kier molecular flexibility index (Phi) is 4.03. The number of hydrogen-bond acceptors (Lipinski definition) is 3. The summed E-state index contributed by atoms with van der Waals surface area (Å²) in [6.07, 6.45) is 0. The summed E-state index contributed by atoms with van der Waals surface area (Å²) in [5.74, 6) is -0.310. The number of fused-ring (bicyclic) bond motifs is 1. The van der Waals surface area contributed by atoms with E-state index in [0.29, 0.717) is 23.4 Å². The molecule has 3 aromatic rings. The van der Waals surface area contributed by atoms with Crippen LogP contribution in [0.5, 0.6) is 0 Å². The van der Waals surface area contributed by atoms with Gasteiger partial charge in [0, 0.05) is 21.5 Å². The van der Waals surface area contributed by atoms with E-state index in [-0.39, 0.29) is 11.7 Å². The van der Waals surface area contributed by atoms with Crippen LogP contribution < -0.4 is 0 Å². The van der Waals surface area contributed by atoms with Gasteiger partial charge in [-0.05, 0) is 36.6 Å². The third-order valence-corrected chi connectivity index (χ3v) is 5.26. The molecule has 0 aliphatic heterocycles. The van der Waals surface area contributed by atoms with Crippen LogP contribution >= 0.6 is 22.7 Å². The van der Waals surface area contributed by atoms with Crippen LogP contribution in [0.3, 0.4) is 0 Å². The zero-order valence-corrected chi connectivity index (χ0v) is 13.1. The fourth-order valence-corrected chi connectivity index (χ4v) is 3.97. The quantitative estimate of drug-likeness (QED) is 0.678. The molecule has 2 nitrogen and oxygen atoms in total. The van der Waals surface area contributed by atoms with Crippen LogP contribution in [-0.4, -0.2) is 17.4 Å². The normalized spacial score (nSPS) is 11.0. The van der Waals surface area contributed by atoms with Gasteiger partial charge in [-0.15, -0.1) is 22.7 Å². The summed E-state index contributed by atoms with van der Waals surface area (Å²) in [6, 6.07) is 10.6. The van der Waals surface area contributed by atoms with E-state index in [4.69, 9.17) is 0 Å². The third kappa shape index (κ3) is 2.84. The van der Waals surface area contributed by atoms with E-state index in [1.165, 1.54) is 17.4 Å². The van der Waals surface area contributed by atoms with Crippen LogP contribution in [0.2, 0.25) is 0 Å². The zero-order valence-electron chi connectivity index (χ0n) is 11.5. The first-order chi connectivity index (χ1) is 10.2. The maximum atomic E-state index is 13.7. The van der Waals surface area contributed by atoms with E-state index in [1.54, 1.807) is 28.4 Å². The number of thiophene rings is 2. The fraction of sp³-hybridized carbons (Fsp3) is 0.188. The Bertz CT molecular complexity index is 764. The van der Waals surface area contributed by atoms with Gasteiger partial charge in [-0.3, -0.25) is 4.79 Å². The highest BCUT2D eigenvalue weighted by Gasteiger charge is 2.18. The van der Waals surface area contributed by atoms with Gasteiger partial charge >= 0.3 is 0 Å². The lowest BCUT2D eigenvalue weighted by Crippen LogP contribution is -2.29. The molecular formula is C16H14FNOS2. The summed E-state index contributed by atoms with van der Waals surface area (Å²) in [6.45, 7) is 3.19. The minimum Gasteiger partial charge on any atom is -0.333 e. The van der Waals surface area contributed by atoms with Crippen LogP contribution in [0.15, 0.2) is 41.8 Å². The van der Waals surface area contributed by atoms with Gasteiger partial charge in [0.1, 0.15) is 5.82 Å². The van der Waals surface area contributed by atoms with Crippen molar-refractivity contribution < 1.29 is 9.18 Å². The molecule has 21 heavy (non-hydrogen) atoms. The van der Waals surface area contributed by atoms with E-state index >= 15 is 0 Å². The van der Waals surface area contributed by atoms with E-state index in [1.807, 2.05) is 30.5 Å². The number of carbonyl (C=O) groups excluding carboxylic acids is 1. The smallest absolute Gasteiger partial charge is 0.264 e. The highest BCUT2D eigenvalue weighted by molar-refractivity contribution is 7.20. The first kappa shape index (κ1) is 14.2. The van der Waals surface area contributed by atoms with Crippen LogP contribution in [-0.2, 0) is 6.54 Å². The Morgan fingerprint density at radius 2 is 2.14 bits per heavy atom. The molecule has 1 amide bonds. The molecule has 1 aromatic carbocycles. The maximum absolute atomic E-state index is 13.7. The zero-order chi connectivity index (χ0) is 14.8. The number of nitrogens with zero attached hydrogens (tertiary/aromatic N) is 1. The number of benzene rings is 1. The molecule has 2 aromatic heterocycles. The number of amides is 1. The van der Waals surface area contributed by atoms with Crippen molar-refractivity contribution in [3.63, 3.8) is 0 Å². The van der Waals surface area contributed by atoms with E-state index in [2.05, 4.69) is 0 Å². The van der Waals surface area contributed by atoms with Gasteiger partial charge < -0.3 is 4.90 Å². The maximum Gasteiger partial charge on any atom is 0.264 e. The molecule has 0 unspecified atom stereocenters. The molecule has 2 heterocycles. The summed E-state index contributed by atoms with van der Waals surface area (Å²) in [5, 5.41) is 2.53. The molecule has 0 fully saturated rings. The number of rotatable bonds is 4. The summed E-state index contributed by atoms with van der Waals surface area (Å²) < 4.78 is 14.5. The second kappa shape index (κ2) is 5.95. The Hall–Kier alpha value is -1.72. The second-order valence-corrected chi connectivity index (χ2v) is 6.78. The van der Waals surface area contributed by atoms with Gasteiger partial charge in [-0.1, -0.05) is 12.1 Å². The minimum absolute atomic E-state index is 0.0356. The molecule has 5 heteroatoms. The SMILES string of the molecule is CCN(Cc1cccs1)C(=O)c1cc2c(F)cccc2s1. The molecule has 108 valence electrons. The standard InChI is InChI=1S/C16H14FNOS2/c1-2-18(10-11-5-4-8-20-11)16(19)15-9-12-13(17)6-3-7-14(12)21-15/h3-9H,2,10H2,1H3. The Labute approximate surface area is 130 Å². The van der Waals surface area contributed by atoms with Crippen molar-refractivity contribution in [3.05, 3.63) is 57.3 Å². The third-order valence-electron chi connectivity index (χ3n) is 3.31. The summed E-state index contributed by atoms with van der Waals surface area (Å²) in [5.41, 5.74) is 0. The van der Waals surface area contributed by atoms with Gasteiger partial charge in [-0.25, -0.2) is 4.39 Å².